The van der Waals surface area contributed by atoms with Crippen molar-refractivity contribution in [1.82, 2.24) is 0 Å². The van der Waals surface area contributed by atoms with Crippen molar-refractivity contribution in [3.63, 3.8) is 0 Å². The van der Waals surface area contributed by atoms with Crippen LogP contribution in [0.25, 0.3) is 0 Å². The first-order chi connectivity index (χ1) is 9.54. The van der Waals surface area contributed by atoms with Crippen molar-refractivity contribution >= 4 is 17.2 Å². The van der Waals surface area contributed by atoms with E-state index >= 15 is 0 Å². The summed E-state index contributed by atoms with van der Waals surface area (Å²) in [5, 5.41) is 17.7. The van der Waals surface area contributed by atoms with Crippen LogP contribution < -0.4 is 0 Å². The molecule has 0 atom stereocenters. The van der Waals surface area contributed by atoms with Crippen LogP contribution in [-0.4, -0.2) is 10.9 Å². The monoisotopic (exact) mass is 268 g/mol. The molecule has 0 saturated heterocycles. The number of aromatic hydroxyl groups is 1. The van der Waals surface area contributed by atoms with Crippen molar-refractivity contribution < 1.29 is 9.90 Å². The number of rotatable bonds is 4. The summed E-state index contributed by atoms with van der Waals surface area (Å²) in [4.78, 5) is 11.0. The third kappa shape index (κ3) is 3.75. The van der Waals surface area contributed by atoms with E-state index in [9.17, 15) is 9.90 Å². The van der Waals surface area contributed by atoms with Crippen molar-refractivity contribution in [2.45, 2.75) is 20.3 Å². The summed E-state index contributed by atoms with van der Waals surface area (Å²) in [5.41, 5.74) is 3.25. The number of hydrogen-bond donors (Lipinski definition) is 1. The number of nitrogens with zero attached hydrogens (tertiary/aromatic N) is 2. The van der Waals surface area contributed by atoms with Gasteiger partial charge in [0, 0.05) is 12.5 Å². The van der Waals surface area contributed by atoms with E-state index in [-0.39, 0.29) is 11.5 Å². The molecule has 2 rings (SSSR count). The van der Waals surface area contributed by atoms with E-state index in [1.54, 1.807) is 25.1 Å². The lowest BCUT2D eigenvalue weighted by Gasteiger charge is -2.00. The van der Waals surface area contributed by atoms with E-state index in [1.165, 1.54) is 0 Å². The summed E-state index contributed by atoms with van der Waals surface area (Å²) in [6.07, 6.45) is 0.434. The van der Waals surface area contributed by atoms with Gasteiger partial charge in [0.05, 0.1) is 11.4 Å². The van der Waals surface area contributed by atoms with Gasteiger partial charge >= 0.3 is 0 Å². The zero-order chi connectivity index (χ0) is 14.5. The number of azo groups is 1. The Kier molecular flexibility index (Phi) is 4.25. The largest absolute Gasteiger partial charge is 0.508 e. The van der Waals surface area contributed by atoms with Crippen LogP contribution in [0, 0.1) is 6.92 Å². The zero-order valence-corrected chi connectivity index (χ0v) is 11.5. The molecule has 4 nitrogen and oxygen atoms in total. The van der Waals surface area contributed by atoms with Gasteiger partial charge in [0.1, 0.15) is 11.5 Å². The maximum Gasteiger partial charge on any atom is 0.134 e. The molecule has 0 spiro atoms. The Morgan fingerprint density at radius 3 is 2.45 bits per heavy atom. The van der Waals surface area contributed by atoms with Gasteiger partial charge in [-0.15, -0.1) is 0 Å². The van der Waals surface area contributed by atoms with Crippen LogP contribution in [0.15, 0.2) is 52.7 Å². The molecule has 0 radical (unpaired) electrons. The zero-order valence-electron chi connectivity index (χ0n) is 11.5. The number of phenols is 1. The first-order valence-electron chi connectivity index (χ1n) is 6.34. The Hall–Kier alpha value is -2.49. The van der Waals surface area contributed by atoms with E-state index in [0.29, 0.717) is 17.8 Å². The van der Waals surface area contributed by atoms with Gasteiger partial charge < -0.3 is 5.11 Å². The molecule has 2 aromatic carbocycles. The average molecular weight is 268 g/mol. The molecule has 0 amide bonds. The quantitative estimate of drug-likeness (QED) is 0.842. The lowest BCUT2D eigenvalue weighted by molar-refractivity contribution is -0.116. The Morgan fingerprint density at radius 1 is 1.10 bits per heavy atom. The van der Waals surface area contributed by atoms with Crippen LogP contribution in [0.5, 0.6) is 5.75 Å². The highest BCUT2D eigenvalue weighted by molar-refractivity contribution is 5.78. The molecular weight excluding hydrogens is 252 g/mol. The molecule has 0 aliphatic carbocycles. The fourth-order valence-electron chi connectivity index (χ4n) is 1.79. The molecule has 0 fully saturated rings. The third-order valence-electron chi connectivity index (χ3n) is 2.86. The number of benzene rings is 2. The highest BCUT2D eigenvalue weighted by Gasteiger charge is 2.00. The van der Waals surface area contributed by atoms with Crippen molar-refractivity contribution in [2.75, 3.05) is 0 Å². The highest BCUT2D eigenvalue weighted by Crippen LogP contribution is 2.26. The summed E-state index contributed by atoms with van der Waals surface area (Å²) in [5.74, 6) is 0.302. The van der Waals surface area contributed by atoms with Crippen molar-refractivity contribution in [2.24, 2.45) is 10.2 Å². The Morgan fingerprint density at radius 2 is 1.80 bits per heavy atom. The highest BCUT2D eigenvalue weighted by atomic mass is 16.3. The van der Waals surface area contributed by atoms with E-state index in [0.717, 1.165) is 11.1 Å². The second-order valence-electron chi connectivity index (χ2n) is 4.72. The Bertz CT molecular complexity index is 646. The Labute approximate surface area is 117 Å². The smallest absolute Gasteiger partial charge is 0.134 e. The van der Waals surface area contributed by atoms with Gasteiger partial charge in [-0.1, -0.05) is 18.2 Å². The fraction of sp³-hybridized carbons (Fsp3) is 0.188. The van der Waals surface area contributed by atoms with E-state index in [1.807, 2.05) is 31.2 Å². The number of carbonyl (C=O) groups excluding carboxylic acids is 1. The normalized spacial score (nSPS) is 10.9. The van der Waals surface area contributed by atoms with Crippen LogP contribution >= 0.6 is 0 Å². The maximum atomic E-state index is 11.0. The fourth-order valence-corrected chi connectivity index (χ4v) is 1.79. The topological polar surface area (TPSA) is 62.0 Å². The van der Waals surface area contributed by atoms with Gasteiger partial charge in [-0.2, -0.15) is 10.2 Å². The molecule has 0 aromatic heterocycles. The maximum absolute atomic E-state index is 11.0. The number of hydrogen-bond acceptors (Lipinski definition) is 4. The SMILES string of the molecule is CC(=O)Cc1ccc(N=Nc2cc(O)ccc2C)cc1. The number of Topliss-reactive ketones (excluding diaryl/α,β-unsaturated/α-hetero) is 1. The van der Waals surface area contributed by atoms with Crippen molar-refractivity contribution in [1.29, 1.82) is 0 Å². The number of aryl methyl sites for hydroxylation is 1. The van der Waals surface area contributed by atoms with Crippen LogP contribution in [0.2, 0.25) is 0 Å². The van der Waals surface area contributed by atoms with Gasteiger partial charge in [0.2, 0.25) is 0 Å². The molecule has 20 heavy (non-hydrogen) atoms. The van der Waals surface area contributed by atoms with E-state index < -0.39 is 0 Å². The second kappa shape index (κ2) is 6.10. The third-order valence-corrected chi connectivity index (χ3v) is 2.86. The van der Waals surface area contributed by atoms with E-state index in [4.69, 9.17) is 0 Å². The van der Waals surface area contributed by atoms with E-state index in [2.05, 4.69) is 10.2 Å². The molecule has 2 aromatic rings. The predicted molar refractivity (Wildman–Crippen MR) is 77.8 cm³/mol. The summed E-state index contributed by atoms with van der Waals surface area (Å²) in [7, 11) is 0. The lowest BCUT2D eigenvalue weighted by atomic mass is 10.1. The van der Waals surface area contributed by atoms with Gasteiger partial charge in [0.25, 0.3) is 0 Å². The van der Waals surface area contributed by atoms with Gasteiger partial charge in [-0.05, 0) is 43.2 Å². The summed E-state index contributed by atoms with van der Waals surface area (Å²) in [6, 6.07) is 12.4. The molecule has 0 aliphatic rings. The Balaban J connectivity index is 2.15. The first kappa shape index (κ1) is 13.9. The average Bonchev–Trinajstić information content (AvgIpc) is 2.41. The van der Waals surface area contributed by atoms with Crippen molar-refractivity contribution in [3.8, 4) is 5.75 Å². The first-order valence-corrected chi connectivity index (χ1v) is 6.34. The molecule has 0 heterocycles. The summed E-state index contributed by atoms with van der Waals surface area (Å²) >= 11 is 0. The van der Waals surface area contributed by atoms with Gasteiger partial charge in [-0.3, -0.25) is 4.79 Å². The van der Waals surface area contributed by atoms with Crippen LogP contribution in [0.1, 0.15) is 18.1 Å². The van der Waals surface area contributed by atoms with Crippen molar-refractivity contribution in [3.05, 3.63) is 53.6 Å². The molecule has 0 saturated carbocycles. The minimum Gasteiger partial charge on any atom is -0.508 e. The van der Waals surface area contributed by atoms with Gasteiger partial charge in [-0.25, -0.2) is 0 Å². The molecule has 1 N–H and O–H groups in total. The number of phenolic OH excluding ortho intramolecular Hbond substituents is 1. The predicted octanol–water partition coefficient (Wildman–Crippen LogP) is 4.25. The molecule has 0 aliphatic heterocycles. The molecular formula is C16H16N2O2. The van der Waals surface area contributed by atoms with Gasteiger partial charge in [0.15, 0.2) is 0 Å². The number of carbonyl (C=O) groups is 1. The molecule has 4 heteroatoms. The van der Waals surface area contributed by atoms with Crippen LogP contribution in [-0.2, 0) is 11.2 Å². The molecule has 0 bridgehead atoms. The van der Waals surface area contributed by atoms with Crippen LogP contribution in [0.4, 0.5) is 11.4 Å². The summed E-state index contributed by atoms with van der Waals surface area (Å²) in [6.45, 7) is 3.47. The minimum atomic E-state index is 0.134. The standard InChI is InChI=1S/C16H16N2O2/c1-11-3-8-15(20)10-16(11)18-17-14-6-4-13(5-7-14)9-12(2)19/h3-8,10,20H,9H2,1-2H3. The van der Waals surface area contributed by atoms with Crippen LogP contribution in [0.3, 0.4) is 0 Å². The second-order valence-corrected chi connectivity index (χ2v) is 4.72. The number of ketones is 1. The minimum absolute atomic E-state index is 0.134. The molecule has 0 unspecified atom stereocenters. The summed E-state index contributed by atoms with van der Waals surface area (Å²) < 4.78 is 0. The lowest BCUT2D eigenvalue weighted by Crippen LogP contribution is -1.94. The molecule has 102 valence electrons.